The minimum Gasteiger partial charge on any atom is -0.376 e. The molecule has 2 aromatic heterocycles. The van der Waals surface area contributed by atoms with Crippen LogP contribution in [0.1, 0.15) is 31.0 Å². The summed E-state index contributed by atoms with van der Waals surface area (Å²) in [6.07, 6.45) is 6.68. The van der Waals surface area contributed by atoms with Crippen LogP contribution in [0, 0.1) is 5.92 Å². The molecule has 2 heterocycles. The van der Waals surface area contributed by atoms with E-state index in [1.807, 2.05) is 43.2 Å². The maximum atomic E-state index is 12.5. The molecule has 1 saturated carbocycles. The summed E-state index contributed by atoms with van der Waals surface area (Å²) in [5.41, 5.74) is 4.62. The van der Waals surface area contributed by atoms with Crippen LogP contribution in [0.25, 0.3) is 0 Å². The van der Waals surface area contributed by atoms with Gasteiger partial charge in [0.1, 0.15) is 11.5 Å². The lowest BCUT2D eigenvalue weighted by atomic mass is 10.1. The molecule has 9 heteroatoms. The van der Waals surface area contributed by atoms with Gasteiger partial charge < -0.3 is 15.1 Å². The molecule has 1 aliphatic carbocycles. The number of aromatic nitrogens is 2. The zero-order valence-electron chi connectivity index (χ0n) is 19.8. The Labute approximate surface area is 195 Å². The average Bonchev–Trinajstić information content (AvgIpc) is 3.63. The van der Waals surface area contributed by atoms with E-state index in [9.17, 15) is 4.79 Å². The molecule has 172 valence electrons. The van der Waals surface area contributed by atoms with Crippen molar-refractivity contribution in [2.75, 3.05) is 49.6 Å². The molecular formula is C23H33N7OS. The monoisotopic (exact) mass is 455 g/mol. The van der Waals surface area contributed by atoms with Crippen molar-refractivity contribution in [3.05, 3.63) is 29.6 Å². The van der Waals surface area contributed by atoms with Crippen LogP contribution in [-0.4, -0.2) is 61.3 Å². The fourth-order valence-corrected chi connectivity index (χ4v) is 3.72. The maximum Gasteiger partial charge on any atom is 0.228 e. The van der Waals surface area contributed by atoms with Crippen molar-refractivity contribution in [2.24, 2.45) is 10.9 Å². The minimum absolute atomic E-state index is 0.00918. The third-order valence-corrected chi connectivity index (χ3v) is 6.35. The first-order valence-electron chi connectivity index (χ1n) is 10.8. The van der Waals surface area contributed by atoms with E-state index >= 15 is 0 Å². The molecule has 0 aliphatic heterocycles. The van der Waals surface area contributed by atoms with Crippen molar-refractivity contribution in [1.29, 1.82) is 0 Å². The zero-order chi connectivity index (χ0) is 23.4. The number of nitrogens with one attached hydrogen (secondary N) is 1. The molecule has 1 fully saturated rings. The fourth-order valence-electron chi connectivity index (χ4n) is 3.46. The first-order chi connectivity index (χ1) is 15.3. The first kappa shape index (κ1) is 24.0. The lowest BCUT2D eigenvalue weighted by Crippen LogP contribution is -2.20. The Morgan fingerprint density at radius 1 is 1.25 bits per heavy atom. The molecule has 32 heavy (non-hydrogen) atoms. The predicted molar refractivity (Wildman–Crippen MR) is 136 cm³/mol. The number of amides is 1. The van der Waals surface area contributed by atoms with Crippen molar-refractivity contribution < 1.29 is 4.79 Å². The quantitative estimate of drug-likeness (QED) is 0.424. The second-order valence-electron chi connectivity index (χ2n) is 8.20. The predicted octanol–water partition coefficient (Wildman–Crippen LogP) is 4.26. The molecule has 0 unspecified atom stereocenters. The molecule has 8 nitrogen and oxygen atoms in total. The molecule has 0 aromatic carbocycles. The van der Waals surface area contributed by atoms with E-state index in [1.165, 1.54) is 5.56 Å². The van der Waals surface area contributed by atoms with Crippen LogP contribution >= 0.6 is 11.9 Å². The minimum atomic E-state index is -0.00918. The largest absolute Gasteiger partial charge is 0.376 e. The number of hydrogen-bond donors (Lipinski definition) is 1. The smallest absolute Gasteiger partial charge is 0.228 e. The number of nitrogens with zero attached hydrogens (tertiary/aromatic N) is 6. The first-order valence-corrected chi connectivity index (χ1v) is 11.9. The Morgan fingerprint density at radius 2 is 1.97 bits per heavy atom. The number of anilines is 4. The Hall–Kier alpha value is -2.65. The van der Waals surface area contributed by atoms with Gasteiger partial charge in [0.15, 0.2) is 5.82 Å². The zero-order valence-corrected chi connectivity index (χ0v) is 20.7. The van der Waals surface area contributed by atoms with Crippen LogP contribution in [0.15, 0.2) is 23.3 Å². The Bertz CT molecular complexity index is 991. The van der Waals surface area contributed by atoms with Crippen molar-refractivity contribution in [1.82, 2.24) is 14.3 Å². The van der Waals surface area contributed by atoms with Gasteiger partial charge >= 0.3 is 0 Å². The molecular weight excluding hydrogens is 422 g/mol. The molecule has 1 N–H and O–H groups in total. The van der Waals surface area contributed by atoms with Gasteiger partial charge in [-0.2, -0.15) is 0 Å². The van der Waals surface area contributed by atoms with Gasteiger partial charge in [0, 0.05) is 33.1 Å². The van der Waals surface area contributed by atoms with Crippen molar-refractivity contribution in [2.45, 2.75) is 32.7 Å². The number of carbonyl (C=O) groups is 1. The average molecular weight is 456 g/mol. The van der Waals surface area contributed by atoms with Gasteiger partial charge in [-0.25, -0.2) is 9.29 Å². The molecule has 1 amide bonds. The molecule has 0 atom stereocenters. The van der Waals surface area contributed by atoms with Crippen molar-refractivity contribution in [3.8, 4) is 0 Å². The van der Waals surface area contributed by atoms with E-state index in [1.54, 1.807) is 11.9 Å². The highest BCUT2D eigenvalue weighted by Gasteiger charge is 2.31. The summed E-state index contributed by atoms with van der Waals surface area (Å²) >= 11 is 1.68. The number of aliphatic imine (C=N–C) groups is 1. The topological polar surface area (TPSA) is 77.0 Å². The normalized spacial score (nSPS) is 13.2. The second-order valence-corrected chi connectivity index (χ2v) is 9.19. The molecule has 0 saturated heterocycles. The molecule has 0 spiro atoms. The highest BCUT2D eigenvalue weighted by Crippen LogP contribution is 2.40. The summed E-state index contributed by atoms with van der Waals surface area (Å²) < 4.78 is 2.14. The highest BCUT2D eigenvalue weighted by molar-refractivity contribution is 7.96. The third kappa shape index (κ3) is 5.39. The Balaban J connectivity index is 2.01. The van der Waals surface area contributed by atoms with Crippen LogP contribution in [0.4, 0.5) is 28.7 Å². The number of pyridine rings is 2. The molecule has 3 rings (SSSR count). The van der Waals surface area contributed by atoms with E-state index in [-0.39, 0.29) is 11.8 Å². The lowest BCUT2D eigenvalue weighted by molar-refractivity contribution is -0.117. The summed E-state index contributed by atoms with van der Waals surface area (Å²) in [5.74, 6) is 1.21. The van der Waals surface area contributed by atoms with Crippen LogP contribution in [-0.2, 0) is 17.8 Å². The van der Waals surface area contributed by atoms with Crippen LogP contribution in [0.2, 0.25) is 0 Å². The van der Waals surface area contributed by atoms with Crippen molar-refractivity contribution in [3.63, 3.8) is 0 Å². The SMILES string of the molecule is C=Nc1c(N(C)C)cc(N(C)c2cnc(CN(C)SC)cc2CC)nc1NC(=O)C1CC1. The van der Waals surface area contributed by atoms with E-state index in [2.05, 4.69) is 52.6 Å². The van der Waals surface area contributed by atoms with Crippen LogP contribution in [0.3, 0.4) is 0 Å². The lowest BCUT2D eigenvalue weighted by Gasteiger charge is -2.25. The van der Waals surface area contributed by atoms with Gasteiger partial charge in [-0.1, -0.05) is 18.9 Å². The standard InChI is InChI=1S/C23H33N7OS/c1-8-15-11-17(14-29(5)32-7)25-13-19(15)30(6)20-12-18(28(3)4)21(24-2)22(26-20)27-23(31)16-9-10-16/h11-13,16H,2,8-10,14H2,1,3-7H3,(H,26,27,31). The summed E-state index contributed by atoms with van der Waals surface area (Å²) in [5, 5.41) is 2.97. The number of carbonyl (C=O) groups excluding carboxylic acids is 1. The number of aryl methyl sites for hydroxylation is 1. The third-order valence-electron chi connectivity index (χ3n) is 5.59. The van der Waals surface area contributed by atoms with Gasteiger partial charge in [-0.15, -0.1) is 0 Å². The second kappa shape index (κ2) is 10.3. The molecule has 0 radical (unpaired) electrons. The van der Waals surface area contributed by atoms with Gasteiger partial charge in [0.25, 0.3) is 0 Å². The maximum absolute atomic E-state index is 12.5. The summed E-state index contributed by atoms with van der Waals surface area (Å²) in [6, 6.07) is 4.12. The number of rotatable bonds is 10. The summed E-state index contributed by atoms with van der Waals surface area (Å²) in [7, 11) is 7.91. The molecule has 2 aromatic rings. The Kier molecular flexibility index (Phi) is 7.73. The van der Waals surface area contributed by atoms with Gasteiger partial charge in [-0.3, -0.25) is 14.8 Å². The summed E-state index contributed by atoms with van der Waals surface area (Å²) in [6.45, 7) is 6.62. The number of hydrogen-bond acceptors (Lipinski definition) is 8. The van der Waals surface area contributed by atoms with Gasteiger partial charge in [0.05, 0.1) is 29.8 Å². The van der Waals surface area contributed by atoms with E-state index in [0.717, 1.165) is 42.9 Å². The van der Waals surface area contributed by atoms with Gasteiger partial charge in [0.2, 0.25) is 5.91 Å². The highest BCUT2D eigenvalue weighted by atomic mass is 32.2. The Morgan fingerprint density at radius 3 is 2.53 bits per heavy atom. The molecule has 0 bridgehead atoms. The van der Waals surface area contributed by atoms with E-state index < -0.39 is 0 Å². The fraction of sp³-hybridized carbons (Fsp3) is 0.478. The van der Waals surface area contributed by atoms with E-state index in [4.69, 9.17) is 4.98 Å². The van der Waals surface area contributed by atoms with Crippen LogP contribution < -0.4 is 15.1 Å². The van der Waals surface area contributed by atoms with E-state index in [0.29, 0.717) is 17.3 Å². The molecule has 1 aliphatic rings. The van der Waals surface area contributed by atoms with Gasteiger partial charge in [-0.05, 0) is 50.9 Å². The van der Waals surface area contributed by atoms with Crippen molar-refractivity contribution >= 4 is 53.3 Å². The summed E-state index contributed by atoms with van der Waals surface area (Å²) in [4.78, 5) is 30.1. The van der Waals surface area contributed by atoms with Crippen LogP contribution in [0.5, 0.6) is 0 Å².